The second-order valence-corrected chi connectivity index (χ2v) is 4.68. The fraction of sp³-hybridized carbons (Fsp3) is 0.357. The maximum Gasteiger partial charge on any atom is 0.0728 e. The minimum absolute atomic E-state index is 0. The van der Waals surface area contributed by atoms with Gasteiger partial charge in [-0.2, -0.15) is 0 Å². The van der Waals surface area contributed by atoms with E-state index in [0.717, 1.165) is 29.4 Å². The van der Waals surface area contributed by atoms with E-state index in [9.17, 15) is 0 Å². The standard InChI is InChI=1S/C14H16N2.ClH/c1-9-6-7-11-13(8-9)16-12-5-3-2-4-10(12)14(11)15;/h6-8H,2-5H2,1H3,(H2,15,16);1H. The molecule has 0 spiro atoms. The van der Waals surface area contributed by atoms with Gasteiger partial charge in [0.1, 0.15) is 0 Å². The second-order valence-electron chi connectivity index (χ2n) is 4.68. The first-order chi connectivity index (χ1) is 7.75. The van der Waals surface area contributed by atoms with Gasteiger partial charge in [0.15, 0.2) is 0 Å². The van der Waals surface area contributed by atoms with Crippen LogP contribution in [0.2, 0.25) is 0 Å². The number of rotatable bonds is 0. The molecule has 1 aliphatic carbocycles. The summed E-state index contributed by atoms with van der Waals surface area (Å²) in [5.74, 6) is 0. The molecule has 1 aromatic heterocycles. The molecule has 2 aromatic rings. The molecule has 2 nitrogen and oxygen atoms in total. The van der Waals surface area contributed by atoms with E-state index < -0.39 is 0 Å². The fourth-order valence-corrected chi connectivity index (χ4v) is 2.57. The van der Waals surface area contributed by atoms with Crippen molar-refractivity contribution < 1.29 is 0 Å². The van der Waals surface area contributed by atoms with Crippen LogP contribution in [-0.4, -0.2) is 4.98 Å². The Bertz CT molecular complexity index is 564. The number of aryl methyl sites for hydroxylation is 2. The third-order valence-corrected chi connectivity index (χ3v) is 3.46. The first-order valence-corrected chi connectivity index (χ1v) is 5.93. The molecule has 0 unspecified atom stereocenters. The lowest BCUT2D eigenvalue weighted by Gasteiger charge is -2.18. The summed E-state index contributed by atoms with van der Waals surface area (Å²) in [6.07, 6.45) is 4.68. The number of hydrogen-bond acceptors (Lipinski definition) is 2. The zero-order chi connectivity index (χ0) is 11.1. The maximum absolute atomic E-state index is 6.25. The predicted molar refractivity (Wildman–Crippen MR) is 74.8 cm³/mol. The molecule has 0 radical (unpaired) electrons. The Balaban J connectivity index is 0.00000108. The first-order valence-electron chi connectivity index (χ1n) is 5.93. The number of halogens is 1. The van der Waals surface area contributed by atoms with Gasteiger partial charge >= 0.3 is 0 Å². The number of pyridine rings is 1. The van der Waals surface area contributed by atoms with E-state index in [0.29, 0.717) is 0 Å². The minimum Gasteiger partial charge on any atom is -0.398 e. The number of benzene rings is 1. The van der Waals surface area contributed by atoms with E-state index in [1.165, 1.54) is 29.7 Å². The number of hydrogen-bond donors (Lipinski definition) is 1. The number of nitrogens with zero attached hydrogens (tertiary/aromatic N) is 1. The van der Waals surface area contributed by atoms with Gasteiger partial charge in [-0.25, -0.2) is 0 Å². The van der Waals surface area contributed by atoms with Gasteiger partial charge in [0.25, 0.3) is 0 Å². The molecule has 90 valence electrons. The molecule has 2 N–H and O–H groups in total. The molecule has 1 aliphatic rings. The van der Waals surface area contributed by atoms with E-state index in [1.807, 2.05) is 0 Å². The molecule has 1 heterocycles. The molecule has 3 heteroatoms. The van der Waals surface area contributed by atoms with Crippen molar-refractivity contribution >= 4 is 29.0 Å². The lowest BCUT2D eigenvalue weighted by Crippen LogP contribution is -2.09. The highest BCUT2D eigenvalue weighted by Crippen LogP contribution is 2.31. The smallest absolute Gasteiger partial charge is 0.0728 e. The third-order valence-electron chi connectivity index (χ3n) is 3.46. The SMILES string of the molecule is Cc1ccc2c(N)c3c(nc2c1)CCCC3.Cl. The first kappa shape index (κ1) is 12.2. The molecule has 0 amide bonds. The highest BCUT2D eigenvalue weighted by atomic mass is 35.5. The molecule has 0 fully saturated rings. The minimum atomic E-state index is 0. The van der Waals surface area contributed by atoms with Crippen LogP contribution in [0.4, 0.5) is 5.69 Å². The Hall–Kier alpha value is -1.28. The summed E-state index contributed by atoms with van der Waals surface area (Å²) in [5, 5.41) is 1.12. The summed E-state index contributed by atoms with van der Waals surface area (Å²) in [6.45, 7) is 2.09. The highest BCUT2D eigenvalue weighted by molar-refractivity contribution is 5.92. The van der Waals surface area contributed by atoms with E-state index >= 15 is 0 Å². The van der Waals surface area contributed by atoms with Crippen LogP contribution in [0, 0.1) is 6.92 Å². The highest BCUT2D eigenvalue weighted by Gasteiger charge is 2.15. The number of fused-ring (bicyclic) bond motifs is 2. The molecular weight excluding hydrogens is 232 g/mol. The molecule has 0 saturated heterocycles. The number of nitrogens with two attached hydrogens (primary N) is 1. The van der Waals surface area contributed by atoms with Gasteiger partial charge in [-0.1, -0.05) is 12.1 Å². The van der Waals surface area contributed by atoms with E-state index in [-0.39, 0.29) is 12.4 Å². The second kappa shape index (κ2) is 4.53. The molecule has 3 rings (SSSR count). The third kappa shape index (κ3) is 1.98. The summed E-state index contributed by atoms with van der Waals surface area (Å²) in [7, 11) is 0. The molecule has 0 bridgehead atoms. The van der Waals surface area contributed by atoms with Crippen LogP contribution in [0.15, 0.2) is 18.2 Å². The average Bonchev–Trinajstić information content (AvgIpc) is 2.29. The van der Waals surface area contributed by atoms with Gasteiger partial charge in [-0.15, -0.1) is 12.4 Å². The summed E-state index contributed by atoms with van der Waals surface area (Å²) in [4.78, 5) is 4.76. The molecule has 17 heavy (non-hydrogen) atoms. The number of anilines is 1. The average molecular weight is 249 g/mol. The van der Waals surface area contributed by atoms with Gasteiger partial charge in [0.2, 0.25) is 0 Å². The van der Waals surface area contributed by atoms with Crippen LogP contribution in [-0.2, 0) is 12.8 Å². The van der Waals surface area contributed by atoms with Crippen molar-refractivity contribution in [2.24, 2.45) is 0 Å². The van der Waals surface area contributed by atoms with Crippen LogP contribution < -0.4 is 5.73 Å². The Labute approximate surface area is 108 Å². The van der Waals surface area contributed by atoms with Crippen molar-refractivity contribution in [3.63, 3.8) is 0 Å². The largest absolute Gasteiger partial charge is 0.398 e. The number of nitrogen functional groups attached to an aromatic ring is 1. The van der Waals surface area contributed by atoms with Crippen LogP contribution in [0.25, 0.3) is 10.9 Å². The lowest BCUT2D eigenvalue weighted by atomic mass is 9.93. The van der Waals surface area contributed by atoms with Crippen molar-refractivity contribution in [3.05, 3.63) is 35.0 Å². The molecule has 0 atom stereocenters. The molecule has 0 aliphatic heterocycles. The number of aromatic nitrogens is 1. The van der Waals surface area contributed by atoms with Crippen molar-refractivity contribution in [2.45, 2.75) is 32.6 Å². The van der Waals surface area contributed by atoms with Crippen LogP contribution in [0.5, 0.6) is 0 Å². The molecule has 1 aromatic carbocycles. The van der Waals surface area contributed by atoms with E-state index in [1.54, 1.807) is 0 Å². The fourth-order valence-electron chi connectivity index (χ4n) is 2.57. The monoisotopic (exact) mass is 248 g/mol. The van der Waals surface area contributed by atoms with Crippen molar-refractivity contribution in [1.82, 2.24) is 4.98 Å². The van der Waals surface area contributed by atoms with Gasteiger partial charge < -0.3 is 5.73 Å². The zero-order valence-electron chi connectivity index (χ0n) is 9.99. The van der Waals surface area contributed by atoms with Crippen LogP contribution in [0.1, 0.15) is 29.7 Å². The maximum atomic E-state index is 6.25. The van der Waals surface area contributed by atoms with Gasteiger partial charge in [0.05, 0.1) is 5.52 Å². The Morgan fingerprint density at radius 2 is 1.94 bits per heavy atom. The summed E-state index contributed by atoms with van der Waals surface area (Å²) >= 11 is 0. The molecule has 0 saturated carbocycles. The normalized spacial score (nSPS) is 14.2. The van der Waals surface area contributed by atoms with Crippen molar-refractivity contribution in [1.29, 1.82) is 0 Å². The van der Waals surface area contributed by atoms with E-state index in [4.69, 9.17) is 10.7 Å². The van der Waals surface area contributed by atoms with Crippen LogP contribution >= 0.6 is 12.4 Å². The predicted octanol–water partition coefficient (Wildman–Crippen LogP) is 3.43. The summed E-state index contributed by atoms with van der Waals surface area (Å²) < 4.78 is 0. The Kier molecular flexibility index (Phi) is 3.25. The quantitative estimate of drug-likeness (QED) is 0.776. The Morgan fingerprint density at radius 3 is 2.76 bits per heavy atom. The molecular formula is C14H17ClN2. The Morgan fingerprint density at radius 1 is 1.18 bits per heavy atom. The topological polar surface area (TPSA) is 38.9 Å². The zero-order valence-corrected chi connectivity index (χ0v) is 10.8. The van der Waals surface area contributed by atoms with Gasteiger partial charge in [-0.05, 0) is 49.8 Å². The van der Waals surface area contributed by atoms with Gasteiger partial charge in [-0.3, -0.25) is 4.98 Å². The van der Waals surface area contributed by atoms with E-state index in [2.05, 4.69) is 25.1 Å². The van der Waals surface area contributed by atoms with Crippen molar-refractivity contribution in [2.75, 3.05) is 5.73 Å². The summed E-state index contributed by atoms with van der Waals surface area (Å²) in [5.41, 5.74) is 12.0. The summed E-state index contributed by atoms with van der Waals surface area (Å²) in [6, 6.07) is 6.33. The van der Waals surface area contributed by atoms with Gasteiger partial charge in [0, 0.05) is 16.8 Å². The van der Waals surface area contributed by atoms with Crippen LogP contribution in [0.3, 0.4) is 0 Å². The van der Waals surface area contributed by atoms with Crippen molar-refractivity contribution in [3.8, 4) is 0 Å². The lowest BCUT2D eigenvalue weighted by molar-refractivity contribution is 0.673.